The standard InChI is InChI=1S/C19H22N2O/c1-15-4-2-5-17(12-15)14-20-13-16-7-9-18(10-8-16)21-11-3-6-19(21)22/h2,4-5,7-10,12,20H,3,6,11,13-14H2,1H3. The molecule has 0 bridgehead atoms. The van der Waals surface area contributed by atoms with Crippen LogP contribution in [0.1, 0.15) is 29.5 Å². The van der Waals surface area contributed by atoms with Gasteiger partial charge in [0.2, 0.25) is 5.91 Å². The maximum Gasteiger partial charge on any atom is 0.227 e. The number of nitrogens with one attached hydrogen (secondary N) is 1. The van der Waals surface area contributed by atoms with Crippen LogP contribution in [0.2, 0.25) is 0 Å². The molecule has 1 amide bonds. The highest BCUT2D eigenvalue weighted by Crippen LogP contribution is 2.21. The summed E-state index contributed by atoms with van der Waals surface area (Å²) in [5.74, 6) is 0.241. The number of hydrogen-bond acceptors (Lipinski definition) is 2. The molecule has 1 fully saturated rings. The zero-order valence-corrected chi connectivity index (χ0v) is 13.0. The number of aryl methyl sites for hydroxylation is 1. The summed E-state index contributed by atoms with van der Waals surface area (Å²) in [5, 5.41) is 3.46. The molecule has 1 aliphatic rings. The van der Waals surface area contributed by atoms with E-state index in [-0.39, 0.29) is 5.91 Å². The first-order chi connectivity index (χ1) is 10.7. The van der Waals surface area contributed by atoms with Crippen molar-refractivity contribution in [3.8, 4) is 0 Å². The Labute approximate surface area is 132 Å². The van der Waals surface area contributed by atoms with Gasteiger partial charge in [-0.1, -0.05) is 42.0 Å². The van der Waals surface area contributed by atoms with Crippen LogP contribution in [0.5, 0.6) is 0 Å². The largest absolute Gasteiger partial charge is 0.312 e. The number of benzene rings is 2. The molecular formula is C19H22N2O. The topological polar surface area (TPSA) is 32.3 Å². The molecule has 3 heteroatoms. The zero-order chi connectivity index (χ0) is 15.4. The monoisotopic (exact) mass is 294 g/mol. The lowest BCUT2D eigenvalue weighted by atomic mass is 10.1. The Hall–Kier alpha value is -2.13. The Morgan fingerprint density at radius 3 is 2.50 bits per heavy atom. The van der Waals surface area contributed by atoms with Crippen molar-refractivity contribution in [3.63, 3.8) is 0 Å². The molecule has 114 valence electrons. The van der Waals surface area contributed by atoms with Crippen LogP contribution in [0.3, 0.4) is 0 Å². The third-order valence-electron chi connectivity index (χ3n) is 4.06. The minimum Gasteiger partial charge on any atom is -0.312 e. The molecule has 0 radical (unpaired) electrons. The van der Waals surface area contributed by atoms with E-state index in [1.165, 1.54) is 16.7 Å². The normalized spacial score (nSPS) is 14.6. The van der Waals surface area contributed by atoms with Gasteiger partial charge in [-0.25, -0.2) is 0 Å². The first-order valence-corrected chi connectivity index (χ1v) is 7.88. The number of amides is 1. The third-order valence-corrected chi connectivity index (χ3v) is 4.06. The van der Waals surface area contributed by atoms with Crippen LogP contribution in [-0.4, -0.2) is 12.5 Å². The average Bonchev–Trinajstić information content (AvgIpc) is 2.94. The molecule has 1 aliphatic heterocycles. The molecule has 22 heavy (non-hydrogen) atoms. The van der Waals surface area contributed by atoms with Crippen molar-refractivity contribution in [2.75, 3.05) is 11.4 Å². The first kappa shape index (κ1) is 14.8. The number of carbonyl (C=O) groups excluding carboxylic acids is 1. The average molecular weight is 294 g/mol. The first-order valence-electron chi connectivity index (χ1n) is 7.88. The molecule has 1 heterocycles. The van der Waals surface area contributed by atoms with E-state index in [1.54, 1.807) is 0 Å². The van der Waals surface area contributed by atoms with Crippen molar-refractivity contribution in [1.82, 2.24) is 5.32 Å². The predicted octanol–water partition coefficient (Wildman–Crippen LogP) is 3.41. The van der Waals surface area contributed by atoms with Gasteiger partial charge >= 0.3 is 0 Å². The lowest BCUT2D eigenvalue weighted by Gasteiger charge is -2.16. The summed E-state index contributed by atoms with van der Waals surface area (Å²) in [4.78, 5) is 13.6. The number of anilines is 1. The van der Waals surface area contributed by atoms with Crippen LogP contribution >= 0.6 is 0 Å². The van der Waals surface area contributed by atoms with Gasteiger partial charge in [0.1, 0.15) is 0 Å². The Morgan fingerprint density at radius 1 is 1.05 bits per heavy atom. The van der Waals surface area contributed by atoms with E-state index in [2.05, 4.69) is 48.6 Å². The SMILES string of the molecule is Cc1cccc(CNCc2ccc(N3CCCC3=O)cc2)c1. The van der Waals surface area contributed by atoms with Crippen molar-refractivity contribution >= 4 is 11.6 Å². The Kier molecular flexibility index (Phi) is 4.54. The van der Waals surface area contributed by atoms with Crippen molar-refractivity contribution in [3.05, 3.63) is 65.2 Å². The van der Waals surface area contributed by atoms with E-state index in [1.807, 2.05) is 17.0 Å². The molecule has 0 unspecified atom stereocenters. The summed E-state index contributed by atoms with van der Waals surface area (Å²) in [6.07, 6.45) is 1.65. The number of nitrogens with zero attached hydrogens (tertiary/aromatic N) is 1. The predicted molar refractivity (Wildman–Crippen MR) is 89.8 cm³/mol. The maximum absolute atomic E-state index is 11.7. The number of carbonyl (C=O) groups is 1. The van der Waals surface area contributed by atoms with Gasteiger partial charge in [-0.15, -0.1) is 0 Å². The molecular weight excluding hydrogens is 272 g/mol. The minimum atomic E-state index is 0.241. The van der Waals surface area contributed by atoms with Crippen molar-refractivity contribution in [1.29, 1.82) is 0 Å². The molecule has 2 aromatic carbocycles. The van der Waals surface area contributed by atoms with E-state index in [0.717, 1.165) is 31.7 Å². The summed E-state index contributed by atoms with van der Waals surface area (Å²) >= 11 is 0. The van der Waals surface area contributed by atoms with Crippen molar-refractivity contribution < 1.29 is 4.79 Å². The Balaban J connectivity index is 1.54. The van der Waals surface area contributed by atoms with Crippen LogP contribution < -0.4 is 10.2 Å². The van der Waals surface area contributed by atoms with Gasteiger partial charge in [0, 0.05) is 31.7 Å². The van der Waals surface area contributed by atoms with Crippen molar-refractivity contribution in [2.24, 2.45) is 0 Å². The lowest BCUT2D eigenvalue weighted by Crippen LogP contribution is -2.23. The summed E-state index contributed by atoms with van der Waals surface area (Å²) < 4.78 is 0. The fourth-order valence-corrected chi connectivity index (χ4v) is 2.89. The van der Waals surface area contributed by atoms with E-state index >= 15 is 0 Å². The minimum absolute atomic E-state index is 0.241. The summed E-state index contributed by atoms with van der Waals surface area (Å²) in [7, 11) is 0. The van der Waals surface area contributed by atoms with E-state index in [9.17, 15) is 4.79 Å². The Bertz CT molecular complexity index is 649. The third kappa shape index (κ3) is 3.55. The highest BCUT2D eigenvalue weighted by atomic mass is 16.2. The van der Waals surface area contributed by atoms with Gasteiger partial charge in [-0.2, -0.15) is 0 Å². The fraction of sp³-hybridized carbons (Fsp3) is 0.316. The molecule has 3 rings (SSSR count). The lowest BCUT2D eigenvalue weighted by molar-refractivity contribution is -0.117. The second-order valence-corrected chi connectivity index (χ2v) is 5.91. The van der Waals surface area contributed by atoms with Gasteiger partial charge in [-0.3, -0.25) is 4.79 Å². The molecule has 1 saturated heterocycles. The fourth-order valence-electron chi connectivity index (χ4n) is 2.89. The van der Waals surface area contributed by atoms with Gasteiger partial charge in [0.15, 0.2) is 0 Å². The van der Waals surface area contributed by atoms with Crippen LogP contribution in [0, 0.1) is 6.92 Å². The summed E-state index contributed by atoms with van der Waals surface area (Å²) in [6, 6.07) is 16.8. The van der Waals surface area contributed by atoms with E-state index < -0.39 is 0 Å². The van der Waals surface area contributed by atoms with Gasteiger partial charge < -0.3 is 10.2 Å². The van der Waals surface area contributed by atoms with Crippen molar-refractivity contribution in [2.45, 2.75) is 32.9 Å². The smallest absolute Gasteiger partial charge is 0.227 e. The molecule has 0 atom stereocenters. The molecule has 1 N–H and O–H groups in total. The maximum atomic E-state index is 11.7. The van der Waals surface area contributed by atoms with Crippen LogP contribution in [0.15, 0.2) is 48.5 Å². The van der Waals surface area contributed by atoms with E-state index in [4.69, 9.17) is 0 Å². The van der Waals surface area contributed by atoms with Gasteiger partial charge in [0.25, 0.3) is 0 Å². The highest BCUT2D eigenvalue weighted by Gasteiger charge is 2.21. The van der Waals surface area contributed by atoms with Gasteiger partial charge in [0.05, 0.1) is 0 Å². The summed E-state index contributed by atoms with van der Waals surface area (Å²) in [6.45, 7) is 4.67. The summed E-state index contributed by atoms with van der Waals surface area (Å²) in [5.41, 5.74) is 4.85. The van der Waals surface area contributed by atoms with Crippen LogP contribution in [0.4, 0.5) is 5.69 Å². The molecule has 0 spiro atoms. The zero-order valence-electron chi connectivity index (χ0n) is 13.0. The Morgan fingerprint density at radius 2 is 1.82 bits per heavy atom. The second kappa shape index (κ2) is 6.75. The molecule has 2 aromatic rings. The quantitative estimate of drug-likeness (QED) is 0.916. The van der Waals surface area contributed by atoms with Gasteiger partial charge in [-0.05, 0) is 36.6 Å². The highest BCUT2D eigenvalue weighted by molar-refractivity contribution is 5.95. The molecule has 0 aromatic heterocycles. The molecule has 0 aliphatic carbocycles. The molecule has 3 nitrogen and oxygen atoms in total. The molecule has 0 saturated carbocycles. The van der Waals surface area contributed by atoms with Crippen LogP contribution in [-0.2, 0) is 17.9 Å². The number of hydrogen-bond donors (Lipinski definition) is 1. The van der Waals surface area contributed by atoms with Crippen LogP contribution in [0.25, 0.3) is 0 Å². The second-order valence-electron chi connectivity index (χ2n) is 5.91. The van der Waals surface area contributed by atoms with E-state index in [0.29, 0.717) is 6.42 Å². The number of rotatable bonds is 5.